The molecule has 2 aliphatic rings. The number of pyridine rings is 1. The van der Waals surface area contributed by atoms with Crippen LogP contribution >= 0.6 is 0 Å². The topological polar surface area (TPSA) is 91.8 Å². The van der Waals surface area contributed by atoms with Crippen LogP contribution in [0.1, 0.15) is 37.2 Å². The molecule has 0 bridgehead atoms. The number of hydrogen-bond donors (Lipinski definition) is 2. The van der Waals surface area contributed by atoms with Gasteiger partial charge in [-0.3, -0.25) is 14.6 Å². The van der Waals surface area contributed by atoms with Crippen LogP contribution in [0.15, 0.2) is 24.4 Å². The first kappa shape index (κ1) is 17.8. The highest BCUT2D eigenvalue weighted by atomic mass is 16.5. The highest BCUT2D eigenvalue weighted by Crippen LogP contribution is 2.33. The van der Waals surface area contributed by atoms with E-state index in [2.05, 4.69) is 10.3 Å². The molecule has 1 aromatic rings. The number of rotatable bonds is 2. The van der Waals surface area contributed by atoms with Gasteiger partial charge in [0.1, 0.15) is 5.69 Å². The van der Waals surface area contributed by atoms with Crippen molar-refractivity contribution in [2.45, 2.75) is 44.4 Å². The summed E-state index contributed by atoms with van der Waals surface area (Å²) in [6, 6.07) is 4.84. The Balaban J connectivity index is 1.71. The maximum absolute atomic E-state index is 12.6. The molecule has 2 saturated heterocycles. The average molecular weight is 347 g/mol. The third-order valence-electron chi connectivity index (χ3n) is 5.12. The molecule has 0 aromatic carbocycles. The Kier molecular flexibility index (Phi) is 5.06. The maximum Gasteiger partial charge on any atom is 0.272 e. The molecule has 0 radical (unpaired) electrons. The molecular weight excluding hydrogens is 322 g/mol. The van der Waals surface area contributed by atoms with Gasteiger partial charge in [0.05, 0.1) is 24.4 Å². The van der Waals surface area contributed by atoms with E-state index in [1.807, 2.05) is 0 Å². The van der Waals surface area contributed by atoms with Gasteiger partial charge in [-0.15, -0.1) is 0 Å². The molecule has 136 valence electrons. The summed E-state index contributed by atoms with van der Waals surface area (Å²) in [4.78, 5) is 29.9. The quantitative estimate of drug-likeness (QED) is 0.817. The molecule has 3 rings (SSSR count). The van der Waals surface area contributed by atoms with Gasteiger partial charge in [0.2, 0.25) is 5.91 Å². The Morgan fingerprint density at radius 2 is 2.24 bits per heavy atom. The molecule has 1 aromatic heterocycles. The third-order valence-corrected chi connectivity index (χ3v) is 5.12. The Morgan fingerprint density at radius 1 is 1.44 bits per heavy atom. The first-order valence-corrected chi connectivity index (χ1v) is 8.68. The summed E-state index contributed by atoms with van der Waals surface area (Å²) >= 11 is 0. The van der Waals surface area contributed by atoms with E-state index >= 15 is 0 Å². The van der Waals surface area contributed by atoms with Crippen LogP contribution in [0.5, 0.6) is 0 Å². The van der Waals surface area contributed by atoms with Crippen LogP contribution < -0.4 is 5.32 Å². The Hall–Kier alpha value is -1.99. The van der Waals surface area contributed by atoms with E-state index in [4.69, 9.17) is 4.74 Å². The molecule has 2 N–H and O–H groups in total. The van der Waals surface area contributed by atoms with Crippen molar-refractivity contribution in [3.63, 3.8) is 0 Å². The molecular formula is C18H25N3O4. The highest BCUT2D eigenvalue weighted by Gasteiger charge is 2.44. The van der Waals surface area contributed by atoms with Crippen LogP contribution in [0.25, 0.3) is 0 Å². The van der Waals surface area contributed by atoms with Crippen molar-refractivity contribution in [2.75, 3.05) is 19.7 Å². The zero-order valence-corrected chi connectivity index (χ0v) is 14.6. The van der Waals surface area contributed by atoms with E-state index < -0.39 is 11.6 Å². The van der Waals surface area contributed by atoms with Crippen LogP contribution in [0.3, 0.4) is 0 Å². The summed E-state index contributed by atoms with van der Waals surface area (Å²) in [5, 5.41) is 13.6. The van der Waals surface area contributed by atoms with E-state index in [0.717, 1.165) is 0 Å². The predicted octanol–water partition coefficient (Wildman–Crippen LogP) is 0.588. The Labute approximate surface area is 147 Å². The standard InChI is InChI=1S/C18H25N3O4/c1-12(22)20-16-11-25-15-6-8-21(10-13(15)9-18(16,2)24)17(23)14-5-3-4-7-19-14/h3-5,7,13,15-16,24H,6,8-11H2,1-2H3,(H,20,22)/t13-,15+,16+,18+/m0/s1. The fraction of sp³-hybridized carbons (Fsp3) is 0.611. The highest BCUT2D eigenvalue weighted by molar-refractivity contribution is 5.92. The van der Waals surface area contributed by atoms with Gasteiger partial charge in [0, 0.05) is 32.1 Å². The first-order valence-electron chi connectivity index (χ1n) is 8.68. The van der Waals surface area contributed by atoms with Crippen molar-refractivity contribution in [1.29, 1.82) is 0 Å². The number of fused-ring (bicyclic) bond motifs is 1. The van der Waals surface area contributed by atoms with E-state index in [1.165, 1.54) is 6.92 Å². The molecule has 4 atom stereocenters. The van der Waals surface area contributed by atoms with Crippen LogP contribution in [0, 0.1) is 5.92 Å². The zero-order chi connectivity index (χ0) is 18.0. The number of carbonyl (C=O) groups excluding carboxylic acids is 2. The lowest BCUT2D eigenvalue weighted by atomic mass is 9.82. The SMILES string of the molecule is CC(=O)N[C@@H]1CO[C@@H]2CCN(C(=O)c3ccccn3)C[C@@H]2C[C@@]1(C)O. The number of hydrogen-bond acceptors (Lipinski definition) is 5. The smallest absolute Gasteiger partial charge is 0.272 e. The second-order valence-electron chi connectivity index (χ2n) is 7.20. The minimum Gasteiger partial charge on any atom is -0.388 e. The molecule has 3 heterocycles. The lowest BCUT2D eigenvalue weighted by Gasteiger charge is -2.39. The van der Waals surface area contributed by atoms with Gasteiger partial charge in [-0.1, -0.05) is 6.07 Å². The van der Waals surface area contributed by atoms with Gasteiger partial charge >= 0.3 is 0 Å². The van der Waals surface area contributed by atoms with E-state index in [0.29, 0.717) is 31.6 Å². The van der Waals surface area contributed by atoms with Gasteiger partial charge in [0.25, 0.3) is 5.91 Å². The molecule has 2 fully saturated rings. The number of likely N-dealkylation sites (tertiary alicyclic amines) is 1. The monoisotopic (exact) mass is 347 g/mol. The van der Waals surface area contributed by atoms with Gasteiger partial charge in [-0.2, -0.15) is 0 Å². The van der Waals surface area contributed by atoms with Crippen molar-refractivity contribution in [1.82, 2.24) is 15.2 Å². The fourth-order valence-electron chi connectivity index (χ4n) is 3.78. The van der Waals surface area contributed by atoms with E-state index in [1.54, 1.807) is 36.2 Å². The predicted molar refractivity (Wildman–Crippen MR) is 90.8 cm³/mol. The summed E-state index contributed by atoms with van der Waals surface area (Å²) in [7, 11) is 0. The third kappa shape index (κ3) is 3.99. The molecule has 2 amide bonds. The van der Waals surface area contributed by atoms with Gasteiger partial charge in [-0.05, 0) is 31.9 Å². The fourth-order valence-corrected chi connectivity index (χ4v) is 3.78. The summed E-state index contributed by atoms with van der Waals surface area (Å²) in [5.74, 6) is -0.262. The van der Waals surface area contributed by atoms with Crippen molar-refractivity contribution in [3.8, 4) is 0 Å². The average Bonchev–Trinajstić information content (AvgIpc) is 2.70. The van der Waals surface area contributed by atoms with Crippen LogP contribution in [0.2, 0.25) is 0 Å². The Morgan fingerprint density at radius 3 is 2.92 bits per heavy atom. The number of amides is 2. The summed E-state index contributed by atoms with van der Waals surface area (Å²) in [5.41, 5.74) is -0.652. The molecule has 25 heavy (non-hydrogen) atoms. The molecule has 0 saturated carbocycles. The van der Waals surface area contributed by atoms with E-state index in [9.17, 15) is 14.7 Å². The zero-order valence-electron chi connectivity index (χ0n) is 14.6. The van der Waals surface area contributed by atoms with Crippen LogP contribution in [-0.2, 0) is 9.53 Å². The number of piperidine rings is 1. The minimum atomic E-state index is -1.08. The minimum absolute atomic E-state index is 0.0157. The number of nitrogens with one attached hydrogen (secondary N) is 1. The van der Waals surface area contributed by atoms with Crippen molar-refractivity contribution < 1.29 is 19.4 Å². The van der Waals surface area contributed by atoms with Crippen molar-refractivity contribution >= 4 is 11.8 Å². The lowest BCUT2D eigenvalue weighted by molar-refractivity contribution is -0.122. The lowest BCUT2D eigenvalue weighted by Crippen LogP contribution is -2.53. The normalized spacial score (nSPS) is 32.4. The molecule has 0 unspecified atom stereocenters. The number of nitrogens with zero attached hydrogens (tertiary/aromatic N) is 2. The van der Waals surface area contributed by atoms with Crippen LogP contribution in [-0.4, -0.2) is 64.2 Å². The van der Waals surface area contributed by atoms with Gasteiger partial charge < -0.3 is 20.1 Å². The first-order chi connectivity index (χ1) is 11.9. The second kappa shape index (κ2) is 7.09. The maximum atomic E-state index is 12.6. The number of aromatic nitrogens is 1. The van der Waals surface area contributed by atoms with Crippen molar-refractivity contribution in [2.24, 2.45) is 5.92 Å². The van der Waals surface area contributed by atoms with Crippen molar-refractivity contribution in [3.05, 3.63) is 30.1 Å². The van der Waals surface area contributed by atoms with E-state index in [-0.39, 0.29) is 30.4 Å². The number of aliphatic hydroxyl groups is 1. The van der Waals surface area contributed by atoms with Gasteiger partial charge in [0.15, 0.2) is 0 Å². The number of ether oxygens (including phenoxy) is 1. The summed E-state index contributed by atoms with van der Waals surface area (Å²) in [6.07, 6.45) is 2.77. The second-order valence-corrected chi connectivity index (χ2v) is 7.20. The molecule has 0 spiro atoms. The molecule has 7 nitrogen and oxygen atoms in total. The molecule has 2 aliphatic heterocycles. The largest absolute Gasteiger partial charge is 0.388 e. The van der Waals surface area contributed by atoms with Gasteiger partial charge in [-0.25, -0.2) is 0 Å². The number of carbonyl (C=O) groups is 2. The molecule has 0 aliphatic carbocycles. The Bertz CT molecular complexity index is 634. The molecule has 7 heteroatoms. The summed E-state index contributed by atoms with van der Waals surface area (Å²) < 4.78 is 5.96. The summed E-state index contributed by atoms with van der Waals surface area (Å²) in [6.45, 7) is 4.55. The van der Waals surface area contributed by atoms with Crippen LogP contribution in [0.4, 0.5) is 0 Å².